The van der Waals surface area contributed by atoms with Gasteiger partial charge in [0.25, 0.3) is 5.56 Å². The van der Waals surface area contributed by atoms with E-state index in [0.29, 0.717) is 5.52 Å². The zero-order valence-electron chi connectivity index (χ0n) is 8.43. The van der Waals surface area contributed by atoms with Gasteiger partial charge in [0.15, 0.2) is 5.65 Å². The van der Waals surface area contributed by atoms with E-state index in [1.165, 1.54) is 12.5 Å². The van der Waals surface area contributed by atoms with Crippen LogP contribution in [0.15, 0.2) is 17.3 Å². The van der Waals surface area contributed by atoms with E-state index >= 15 is 0 Å². The van der Waals surface area contributed by atoms with Crippen molar-refractivity contribution in [1.82, 2.24) is 19.9 Å². The van der Waals surface area contributed by atoms with Crippen LogP contribution in [0.25, 0.3) is 11.2 Å². The first kappa shape index (κ1) is 10.2. The van der Waals surface area contributed by atoms with Crippen molar-refractivity contribution < 1.29 is 9.53 Å². The molecule has 0 saturated carbocycles. The predicted octanol–water partition coefficient (Wildman–Crippen LogP) is -0.110. The minimum Gasteiger partial charge on any atom is -0.461 e. The third kappa shape index (κ3) is 1.74. The van der Waals surface area contributed by atoms with E-state index in [-0.39, 0.29) is 17.9 Å². The molecule has 0 unspecified atom stereocenters. The summed E-state index contributed by atoms with van der Waals surface area (Å²) in [5.41, 5.74) is -0.285. The summed E-state index contributed by atoms with van der Waals surface area (Å²) in [5.74, 6) is -0.755. The number of rotatable bonds is 2. The Kier molecular flexibility index (Phi) is 2.59. The number of hydrogen-bond donors (Lipinski definition) is 1. The summed E-state index contributed by atoms with van der Waals surface area (Å²) >= 11 is 0. The first-order chi connectivity index (χ1) is 7.72. The molecule has 0 bridgehead atoms. The van der Waals surface area contributed by atoms with Crippen LogP contribution in [0.4, 0.5) is 0 Å². The lowest BCUT2D eigenvalue weighted by Crippen LogP contribution is -2.22. The van der Waals surface area contributed by atoms with E-state index in [1.54, 1.807) is 6.92 Å². The number of H-pyrrole nitrogens is 1. The fourth-order valence-electron chi connectivity index (χ4n) is 1.18. The van der Waals surface area contributed by atoms with Gasteiger partial charge in [0, 0.05) is 0 Å². The van der Waals surface area contributed by atoms with Crippen LogP contribution < -0.4 is 5.56 Å². The number of carbonyl (C=O) groups is 1. The Morgan fingerprint density at radius 1 is 1.56 bits per heavy atom. The number of fused-ring (bicyclic) bond motifs is 1. The largest absolute Gasteiger partial charge is 0.461 e. The van der Waals surface area contributed by atoms with Crippen LogP contribution in [0.2, 0.25) is 0 Å². The molecule has 2 rings (SSSR count). The van der Waals surface area contributed by atoms with E-state index in [4.69, 9.17) is 4.74 Å². The van der Waals surface area contributed by atoms with Gasteiger partial charge in [0.05, 0.1) is 12.8 Å². The van der Waals surface area contributed by atoms with Gasteiger partial charge < -0.3 is 9.72 Å². The Balaban J connectivity index is 2.58. The molecule has 0 aliphatic rings. The summed E-state index contributed by atoms with van der Waals surface area (Å²) in [6, 6.07) is 0. The maximum Gasteiger partial charge on any atom is 0.362 e. The average molecular weight is 220 g/mol. The number of hydrogen-bond acceptors (Lipinski definition) is 6. The number of aromatic nitrogens is 4. The molecule has 1 N–H and O–H groups in total. The molecule has 7 heteroatoms. The Labute approximate surface area is 89.5 Å². The lowest BCUT2D eigenvalue weighted by molar-refractivity contribution is 0.0517. The van der Waals surface area contributed by atoms with Gasteiger partial charge in [-0.05, 0) is 6.92 Å². The summed E-state index contributed by atoms with van der Waals surface area (Å²) < 4.78 is 4.70. The molecular weight excluding hydrogens is 212 g/mol. The third-order valence-electron chi connectivity index (χ3n) is 1.84. The summed E-state index contributed by atoms with van der Waals surface area (Å²) in [5, 5.41) is 0. The van der Waals surface area contributed by atoms with Gasteiger partial charge in [-0.15, -0.1) is 0 Å². The van der Waals surface area contributed by atoms with Crippen molar-refractivity contribution in [2.24, 2.45) is 0 Å². The Bertz CT molecular complexity index is 593. The highest BCUT2D eigenvalue weighted by atomic mass is 16.5. The van der Waals surface area contributed by atoms with Crippen LogP contribution in [-0.4, -0.2) is 32.5 Å². The number of aromatic amines is 1. The highest BCUT2D eigenvalue weighted by Crippen LogP contribution is 2.01. The smallest absolute Gasteiger partial charge is 0.362 e. The molecule has 2 aromatic heterocycles. The molecule has 0 aromatic carbocycles. The molecule has 2 aromatic rings. The molecule has 2 heterocycles. The molecule has 0 amide bonds. The van der Waals surface area contributed by atoms with Crippen molar-refractivity contribution in [2.45, 2.75) is 6.92 Å². The predicted molar refractivity (Wildman–Crippen MR) is 53.9 cm³/mol. The van der Waals surface area contributed by atoms with Crippen LogP contribution in [0.3, 0.4) is 0 Å². The third-order valence-corrected chi connectivity index (χ3v) is 1.84. The van der Waals surface area contributed by atoms with Crippen LogP contribution in [-0.2, 0) is 4.74 Å². The maximum atomic E-state index is 11.5. The molecule has 0 fully saturated rings. The fourth-order valence-corrected chi connectivity index (χ4v) is 1.18. The monoisotopic (exact) mass is 220 g/mol. The van der Waals surface area contributed by atoms with Gasteiger partial charge >= 0.3 is 5.97 Å². The Morgan fingerprint density at radius 3 is 3.12 bits per heavy atom. The van der Waals surface area contributed by atoms with Crippen molar-refractivity contribution in [3.8, 4) is 0 Å². The molecule has 0 spiro atoms. The number of esters is 1. The van der Waals surface area contributed by atoms with Gasteiger partial charge in [-0.3, -0.25) is 4.79 Å². The molecule has 0 saturated heterocycles. The maximum absolute atomic E-state index is 11.5. The van der Waals surface area contributed by atoms with E-state index in [1.807, 2.05) is 0 Å². The van der Waals surface area contributed by atoms with Crippen molar-refractivity contribution in [2.75, 3.05) is 6.61 Å². The van der Waals surface area contributed by atoms with Crippen molar-refractivity contribution in [3.05, 3.63) is 28.6 Å². The van der Waals surface area contributed by atoms with E-state index in [9.17, 15) is 9.59 Å². The summed E-state index contributed by atoms with van der Waals surface area (Å²) in [6.07, 6.45) is 2.69. The van der Waals surface area contributed by atoms with E-state index in [2.05, 4.69) is 19.9 Å². The number of nitrogens with one attached hydrogen (secondary N) is 1. The molecule has 0 atom stereocenters. The van der Waals surface area contributed by atoms with Gasteiger partial charge in [-0.2, -0.15) is 0 Å². The van der Waals surface area contributed by atoms with E-state index in [0.717, 1.165) is 0 Å². The van der Waals surface area contributed by atoms with Crippen molar-refractivity contribution in [3.63, 3.8) is 0 Å². The molecule has 16 heavy (non-hydrogen) atoms. The first-order valence-electron chi connectivity index (χ1n) is 4.59. The quantitative estimate of drug-likeness (QED) is 0.709. The molecule has 82 valence electrons. The Morgan fingerprint density at radius 2 is 2.38 bits per heavy atom. The SMILES string of the molecule is CCOC(=O)c1nc2cncnc2[nH]c1=O. The second kappa shape index (κ2) is 4.05. The highest BCUT2D eigenvalue weighted by Gasteiger charge is 2.14. The minimum atomic E-state index is -0.755. The lowest BCUT2D eigenvalue weighted by atomic mass is 10.4. The lowest BCUT2D eigenvalue weighted by Gasteiger charge is -2.00. The second-order valence-corrected chi connectivity index (χ2v) is 2.89. The van der Waals surface area contributed by atoms with Crippen LogP contribution in [0.1, 0.15) is 17.4 Å². The molecule has 7 nitrogen and oxygen atoms in total. The summed E-state index contributed by atoms with van der Waals surface area (Å²) in [4.78, 5) is 36.7. The first-order valence-corrected chi connectivity index (χ1v) is 4.59. The van der Waals surface area contributed by atoms with Gasteiger partial charge in [-0.25, -0.2) is 19.7 Å². The molecular formula is C9H8N4O3. The molecule has 0 radical (unpaired) electrons. The molecule has 0 aliphatic heterocycles. The zero-order valence-corrected chi connectivity index (χ0v) is 8.43. The van der Waals surface area contributed by atoms with Crippen LogP contribution >= 0.6 is 0 Å². The van der Waals surface area contributed by atoms with Gasteiger partial charge in [0.1, 0.15) is 11.8 Å². The normalized spacial score (nSPS) is 10.3. The molecule has 0 aliphatic carbocycles. The van der Waals surface area contributed by atoms with Crippen molar-refractivity contribution in [1.29, 1.82) is 0 Å². The fraction of sp³-hybridized carbons (Fsp3) is 0.222. The Hall–Kier alpha value is -2.31. The van der Waals surface area contributed by atoms with Crippen molar-refractivity contribution >= 4 is 17.1 Å². The second-order valence-electron chi connectivity index (χ2n) is 2.89. The van der Waals surface area contributed by atoms with Crippen LogP contribution in [0, 0.1) is 0 Å². The standard InChI is InChI=1S/C9H8N4O3/c1-2-16-9(15)6-8(14)13-7-5(12-6)3-10-4-11-7/h3-4H,2H2,1H3,(H,10,11,13,14). The number of ether oxygens (including phenoxy) is 1. The summed E-state index contributed by atoms with van der Waals surface area (Å²) in [6.45, 7) is 1.83. The van der Waals surface area contributed by atoms with Crippen LogP contribution in [0.5, 0.6) is 0 Å². The summed E-state index contributed by atoms with van der Waals surface area (Å²) in [7, 11) is 0. The highest BCUT2D eigenvalue weighted by molar-refractivity contribution is 5.88. The minimum absolute atomic E-state index is 0.184. The van der Waals surface area contributed by atoms with E-state index < -0.39 is 11.5 Å². The van der Waals surface area contributed by atoms with Gasteiger partial charge in [0.2, 0.25) is 5.69 Å². The number of nitrogens with zero attached hydrogens (tertiary/aromatic N) is 3. The topological polar surface area (TPSA) is 97.8 Å². The average Bonchev–Trinajstić information content (AvgIpc) is 2.28. The zero-order chi connectivity index (χ0) is 11.5. The number of carbonyl (C=O) groups excluding carboxylic acids is 1. The van der Waals surface area contributed by atoms with Gasteiger partial charge in [-0.1, -0.05) is 0 Å².